The molecule has 5 nitrogen and oxygen atoms in total. The van der Waals surface area contributed by atoms with E-state index in [1.165, 1.54) is 25.0 Å². The quantitative estimate of drug-likeness (QED) is 0.889. The van der Waals surface area contributed by atoms with Crippen molar-refractivity contribution in [2.45, 2.75) is 42.4 Å². The normalized spacial score (nSPS) is 19.3. The fraction of sp³-hybridized carbons (Fsp3) is 0.467. The number of H-pyrrole nitrogens is 1. The van der Waals surface area contributed by atoms with Gasteiger partial charge in [0.05, 0.1) is 0 Å². The van der Waals surface area contributed by atoms with E-state index < -0.39 is 0 Å². The van der Waals surface area contributed by atoms with Crippen molar-refractivity contribution in [3.8, 4) is 0 Å². The van der Waals surface area contributed by atoms with Gasteiger partial charge in [0.2, 0.25) is 0 Å². The van der Waals surface area contributed by atoms with Crippen LogP contribution in [0.15, 0.2) is 40.6 Å². The van der Waals surface area contributed by atoms with Gasteiger partial charge in [-0.3, -0.25) is 10.00 Å². The van der Waals surface area contributed by atoms with Crippen LogP contribution in [0.1, 0.15) is 20.3 Å². The molecule has 0 radical (unpaired) electrons. The van der Waals surface area contributed by atoms with E-state index in [4.69, 9.17) is 0 Å². The molecule has 1 fully saturated rings. The summed E-state index contributed by atoms with van der Waals surface area (Å²) in [5.74, 6) is 0. The third-order valence-corrected chi connectivity index (χ3v) is 4.68. The Morgan fingerprint density at radius 3 is 2.76 bits per heavy atom. The van der Waals surface area contributed by atoms with Crippen LogP contribution in [0, 0.1) is 0 Å². The average molecular weight is 303 g/mol. The molecule has 0 amide bonds. The molecule has 21 heavy (non-hydrogen) atoms. The first-order valence-corrected chi connectivity index (χ1v) is 8.16. The van der Waals surface area contributed by atoms with Crippen LogP contribution in [0.5, 0.6) is 0 Å². The SMILES string of the molecule is CC(C)N1CCC(Nc2ccc(Sc3ncn[nH]3)cc2)C1. The Balaban J connectivity index is 1.55. The Bertz CT molecular complexity index is 552. The molecule has 1 aromatic heterocycles. The highest BCUT2D eigenvalue weighted by Crippen LogP contribution is 2.26. The lowest BCUT2D eigenvalue weighted by molar-refractivity contribution is 0.274. The summed E-state index contributed by atoms with van der Waals surface area (Å²) >= 11 is 1.58. The van der Waals surface area contributed by atoms with Gasteiger partial charge in [0.1, 0.15) is 6.33 Å². The summed E-state index contributed by atoms with van der Waals surface area (Å²) < 4.78 is 0. The van der Waals surface area contributed by atoms with Crippen LogP contribution in [0.2, 0.25) is 0 Å². The van der Waals surface area contributed by atoms with Crippen LogP contribution in [-0.4, -0.2) is 45.3 Å². The van der Waals surface area contributed by atoms with Gasteiger partial charge < -0.3 is 5.32 Å². The molecular formula is C15H21N5S. The molecule has 3 rings (SSSR count). The smallest absolute Gasteiger partial charge is 0.188 e. The van der Waals surface area contributed by atoms with Gasteiger partial charge in [0.25, 0.3) is 0 Å². The van der Waals surface area contributed by atoms with E-state index in [2.05, 4.69) is 63.5 Å². The Kier molecular flexibility index (Phi) is 4.45. The van der Waals surface area contributed by atoms with Crippen LogP contribution in [-0.2, 0) is 0 Å². The Labute approximate surface area is 129 Å². The highest BCUT2D eigenvalue weighted by atomic mass is 32.2. The number of benzene rings is 1. The maximum Gasteiger partial charge on any atom is 0.188 e. The second-order valence-corrected chi connectivity index (χ2v) is 6.70. The monoisotopic (exact) mass is 303 g/mol. The standard InChI is InChI=1S/C15H21N5S/c1-11(2)20-8-7-13(9-20)18-12-3-5-14(6-4-12)21-15-16-10-17-19-15/h3-6,10-11,13,18H,7-9H2,1-2H3,(H,16,17,19). The van der Waals surface area contributed by atoms with Gasteiger partial charge in [0.15, 0.2) is 5.16 Å². The van der Waals surface area contributed by atoms with Crippen LogP contribution < -0.4 is 5.32 Å². The lowest BCUT2D eigenvalue weighted by Crippen LogP contribution is -2.31. The molecule has 1 aromatic carbocycles. The van der Waals surface area contributed by atoms with Crippen LogP contribution in [0.25, 0.3) is 0 Å². The first-order chi connectivity index (χ1) is 10.2. The molecule has 0 spiro atoms. The average Bonchev–Trinajstić information content (AvgIpc) is 3.12. The van der Waals surface area contributed by atoms with Gasteiger partial charge in [0, 0.05) is 35.8 Å². The summed E-state index contributed by atoms with van der Waals surface area (Å²) in [4.78, 5) is 7.80. The topological polar surface area (TPSA) is 56.8 Å². The maximum absolute atomic E-state index is 4.12. The van der Waals surface area contributed by atoms with E-state index in [0.29, 0.717) is 12.1 Å². The van der Waals surface area contributed by atoms with Crippen molar-refractivity contribution in [3.63, 3.8) is 0 Å². The summed E-state index contributed by atoms with van der Waals surface area (Å²) in [6, 6.07) is 9.70. The molecule has 1 saturated heterocycles. The van der Waals surface area contributed by atoms with Crippen molar-refractivity contribution in [2.75, 3.05) is 18.4 Å². The van der Waals surface area contributed by atoms with E-state index in [1.807, 2.05) is 0 Å². The number of nitrogens with one attached hydrogen (secondary N) is 2. The summed E-state index contributed by atoms with van der Waals surface area (Å²) in [6.07, 6.45) is 2.74. The van der Waals surface area contributed by atoms with Gasteiger partial charge >= 0.3 is 0 Å². The van der Waals surface area contributed by atoms with E-state index in [1.54, 1.807) is 11.8 Å². The minimum atomic E-state index is 0.556. The highest BCUT2D eigenvalue weighted by molar-refractivity contribution is 7.99. The molecule has 2 N–H and O–H groups in total. The summed E-state index contributed by atoms with van der Waals surface area (Å²) in [6.45, 7) is 6.84. The predicted octanol–water partition coefficient (Wildman–Crippen LogP) is 2.85. The number of likely N-dealkylation sites (tertiary alicyclic amines) is 1. The predicted molar refractivity (Wildman–Crippen MR) is 85.7 cm³/mol. The Morgan fingerprint density at radius 1 is 1.33 bits per heavy atom. The van der Waals surface area contributed by atoms with Crippen molar-refractivity contribution in [1.82, 2.24) is 20.1 Å². The molecule has 1 atom stereocenters. The zero-order chi connectivity index (χ0) is 14.7. The first-order valence-electron chi connectivity index (χ1n) is 7.34. The summed E-state index contributed by atoms with van der Waals surface area (Å²) in [5.41, 5.74) is 1.19. The largest absolute Gasteiger partial charge is 0.381 e. The molecule has 112 valence electrons. The second kappa shape index (κ2) is 6.49. The zero-order valence-electron chi connectivity index (χ0n) is 12.4. The number of nitrogens with zero attached hydrogens (tertiary/aromatic N) is 3. The van der Waals surface area contributed by atoms with E-state index in [9.17, 15) is 0 Å². The fourth-order valence-corrected chi connectivity index (χ4v) is 3.28. The molecule has 0 saturated carbocycles. The van der Waals surface area contributed by atoms with Gasteiger partial charge in [-0.2, -0.15) is 5.10 Å². The van der Waals surface area contributed by atoms with Crippen molar-refractivity contribution in [3.05, 3.63) is 30.6 Å². The second-order valence-electron chi connectivity index (χ2n) is 5.64. The van der Waals surface area contributed by atoms with Crippen molar-refractivity contribution >= 4 is 17.4 Å². The zero-order valence-corrected chi connectivity index (χ0v) is 13.2. The van der Waals surface area contributed by atoms with Crippen LogP contribution >= 0.6 is 11.8 Å². The highest BCUT2D eigenvalue weighted by Gasteiger charge is 2.23. The minimum absolute atomic E-state index is 0.556. The number of aromatic nitrogens is 3. The van der Waals surface area contributed by atoms with E-state index in [-0.39, 0.29) is 0 Å². The molecule has 6 heteroatoms. The lowest BCUT2D eigenvalue weighted by atomic mass is 10.2. The van der Waals surface area contributed by atoms with Crippen LogP contribution in [0.3, 0.4) is 0 Å². The number of rotatable bonds is 5. The molecule has 2 heterocycles. The molecule has 1 unspecified atom stereocenters. The summed E-state index contributed by atoms with van der Waals surface area (Å²) in [5, 5.41) is 11.2. The Morgan fingerprint density at radius 2 is 2.14 bits per heavy atom. The molecule has 1 aliphatic rings. The van der Waals surface area contributed by atoms with Crippen molar-refractivity contribution in [1.29, 1.82) is 0 Å². The fourth-order valence-electron chi connectivity index (χ4n) is 2.58. The van der Waals surface area contributed by atoms with Gasteiger partial charge in [-0.1, -0.05) is 11.8 Å². The maximum atomic E-state index is 4.12. The van der Waals surface area contributed by atoms with Gasteiger partial charge in [-0.25, -0.2) is 4.98 Å². The molecule has 2 aromatic rings. The molecular weight excluding hydrogens is 282 g/mol. The van der Waals surface area contributed by atoms with E-state index >= 15 is 0 Å². The summed E-state index contributed by atoms with van der Waals surface area (Å²) in [7, 11) is 0. The molecule has 0 bridgehead atoms. The van der Waals surface area contributed by atoms with Crippen LogP contribution in [0.4, 0.5) is 5.69 Å². The number of hydrogen-bond donors (Lipinski definition) is 2. The number of aromatic amines is 1. The Hall–Kier alpha value is -1.53. The van der Waals surface area contributed by atoms with Crippen molar-refractivity contribution in [2.24, 2.45) is 0 Å². The van der Waals surface area contributed by atoms with Gasteiger partial charge in [-0.05, 0) is 44.5 Å². The lowest BCUT2D eigenvalue weighted by Gasteiger charge is -2.20. The van der Waals surface area contributed by atoms with Crippen molar-refractivity contribution < 1.29 is 0 Å². The number of anilines is 1. The third-order valence-electron chi connectivity index (χ3n) is 3.78. The number of hydrogen-bond acceptors (Lipinski definition) is 5. The third kappa shape index (κ3) is 3.77. The minimum Gasteiger partial charge on any atom is -0.381 e. The van der Waals surface area contributed by atoms with E-state index in [0.717, 1.165) is 16.6 Å². The molecule has 1 aliphatic heterocycles. The molecule has 0 aliphatic carbocycles. The van der Waals surface area contributed by atoms with Gasteiger partial charge in [-0.15, -0.1) is 0 Å². The first kappa shape index (κ1) is 14.4.